The maximum Gasteiger partial charge on any atom is 0.416 e. The van der Waals surface area contributed by atoms with Crippen LogP contribution >= 0.6 is 15.9 Å². The monoisotopic (exact) mass is 312 g/mol. The van der Waals surface area contributed by atoms with Gasteiger partial charge in [-0.3, -0.25) is 0 Å². The van der Waals surface area contributed by atoms with Crippen molar-refractivity contribution in [3.8, 4) is 0 Å². The van der Waals surface area contributed by atoms with Crippen LogP contribution in [0.15, 0.2) is 22.7 Å². The molecular formula is C11H12BrF3O2. The van der Waals surface area contributed by atoms with Crippen LogP contribution in [0.3, 0.4) is 0 Å². The van der Waals surface area contributed by atoms with Gasteiger partial charge in [-0.25, -0.2) is 0 Å². The summed E-state index contributed by atoms with van der Waals surface area (Å²) >= 11 is 3.15. The van der Waals surface area contributed by atoms with Gasteiger partial charge in [0.15, 0.2) is 0 Å². The Bertz CT molecular complexity index is 375. The molecule has 0 amide bonds. The van der Waals surface area contributed by atoms with E-state index in [1.54, 1.807) is 0 Å². The van der Waals surface area contributed by atoms with Crippen LogP contribution in [0.5, 0.6) is 0 Å². The maximum atomic E-state index is 12.5. The van der Waals surface area contributed by atoms with E-state index < -0.39 is 17.7 Å². The van der Waals surface area contributed by atoms with Gasteiger partial charge in [-0.05, 0) is 30.2 Å². The molecule has 17 heavy (non-hydrogen) atoms. The molecule has 0 bridgehead atoms. The normalized spacial score (nSPS) is 12.2. The first-order valence-corrected chi connectivity index (χ1v) is 5.75. The molecule has 2 N–H and O–H groups in total. The first-order valence-electron chi connectivity index (χ1n) is 4.95. The summed E-state index contributed by atoms with van der Waals surface area (Å²) in [6.45, 7) is -0.529. The molecule has 0 fully saturated rings. The van der Waals surface area contributed by atoms with E-state index >= 15 is 0 Å². The highest BCUT2D eigenvalue weighted by Gasteiger charge is 2.31. The van der Waals surface area contributed by atoms with Crippen molar-refractivity contribution in [3.63, 3.8) is 0 Å². The van der Waals surface area contributed by atoms with Gasteiger partial charge in [0.05, 0.1) is 5.56 Å². The van der Waals surface area contributed by atoms with E-state index in [0.717, 1.165) is 12.1 Å². The van der Waals surface area contributed by atoms with Crippen molar-refractivity contribution in [2.75, 3.05) is 13.2 Å². The summed E-state index contributed by atoms with van der Waals surface area (Å²) in [6.07, 6.45) is -4.19. The molecule has 1 rings (SSSR count). The average Bonchev–Trinajstić information content (AvgIpc) is 2.26. The van der Waals surface area contributed by atoms with Gasteiger partial charge in [-0.1, -0.05) is 15.9 Å². The highest BCUT2D eigenvalue weighted by molar-refractivity contribution is 9.10. The van der Waals surface area contributed by atoms with Gasteiger partial charge in [-0.15, -0.1) is 0 Å². The Morgan fingerprint density at radius 2 is 1.76 bits per heavy atom. The third-order valence-electron chi connectivity index (χ3n) is 2.40. The molecule has 0 aliphatic carbocycles. The first-order chi connectivity index (χ1) is 7.88. The van der Waals surface area contributed by atoms with Crippen molar-refractivity contribution < 1.29 is 23.4 Å². The molecule has 1 aromatic carbocycles. The molecule has 0 atom stereocenters. The van der Waals surface area contributed by atoms with Gasteiger partial charge in [0, 0.05) is 23.6 Å². The second-order valence-corrected chi connectivity index (χ2v) is 4.59. The van der Waals surface area contributed by atoms with Gasteiger partial charge in [0.25, 0.3) is 0 Å². The number of halogens is 4. The van der Waals surface area contributed by atoms with Crippen LogP contribution in [0.25, 0.3) is 0 Å². The van der Waals surface area contributed by atoms with E-state index in [1.807, 2.05) is 0 Å². The van der Waals surface area contributed by atoms with Crippen LogP contribution in [-0.4, -0.2) is 23.4 Å². The Kier molecular flexibility index (Phi) is 4.97. The van der Waals surface area contributed by atoms with E-state index in [0.29, 0.717) is 10.0 Å². The van der Waals surface area contributed by atoms with E-state index in [9.17, 15) is 13.2 Å². The zero-order valence-electron chi connectivity index (χ0n) is 8.84. The van der Waals surface area contributed by atoms with Crippen LogP contribution in [0.1, 0.15) is 11.1 Å². The average molecular weight is 313 g/mol. The molecule has 0 heterocycles. The van der Waals surface area contributed by atoms with E-state index in [1.165, 1.54) is 6.07 Å². The largest absolute Gasteiger partial charge is 0.416 e. The first kappa shape index (κ1) is 14.5. The number of alkyl halides is 3. The molecule has 2 nitrogen and oxygen atoms in total. The Balaban J connectivity index is 2.98. The lowest BCUT2D eigenvalue weighted by molar-refractivity contribution is -0.137. The highest BCUT2D eigenvalue weighted by atomic mass is 79.9. The number of aliphatic hydroxyl groups is 2. The predicted octanol–water partition coefficient (Wildman–Crippen LogP) is 2.61. The molecule has 0 saturated heterocycles. The fourth-order valence-corrected chi connectivity index (χ4v) is 1.81. The molecular weight excluding hydrogens is 301 g/mol. The SMILES string of the molecule is OCC(CO)Cc1cc(C(F)(F)F)ccc1Br. The van der Waals surface area contributed by atoms with Gasteiger partial charge in [0.1, 0.15) is 0 Å². The van der Waals surface area contributed by atoms with Crippen LogP contribution in [0.4, 0.5) is 13.2 Å². The van der Waals surface area contributed by atoms with E-state index in [2.05, 4.69) is 15.9 Å². The Labute approximate surface area is 105 Å². The van der Waals surface area contributed by atoms with Crippen LogP contribution < -0.4 is 0 Å². The zero-order chi connectivity index (χ0) is 13.1. The van der Waals surface area contributed by atoms with Gasteiger partial charge in [-0.2, -0.15) is 13.2 Å². The van der Waals surface area contributed by atoms with Crippen molar-refractivity contribution in [2.24, 2.45) is 5.92 Å². The maximum absolute atomic E-state index is 12.5. The molecule has 1 aromatic rings. The predicted molar refractivity (Wildman–Crippen MR) is 60.5 cm³/mol. The topological polar surface area (TPSA) is 40.5 Å². The molecule has 6 heteroatoms. The van der Waals surface area contributed by atoms with E-state index in [4.69, 9.17) is 10.2 Å². The minimum Gasteiger partial charge on any atom is -0.396 e. The zero-order valence-corrected chi connectivity index (χ0v) is 10.4. The molecule has 0 saturated carbocycles. The molecule has 0 spiro atoms. The summed E-state index contributed by atoms with van der Waals surface area (Å²) in [5.74, 6) is -0.449. The second-order valence-electron chi connectivity index (χ2n) is 3.74. The van der Waals surface area contributed by atoms with E-state index in [-0.39, 0.29) is 19.6 Å². The molecule has 0 aliphatic heterocycles. The minimum absolute atomic E-state index is 0.192. The fraction of sp³-hybridized carbons (Fsp3) is 0.455. The third-order valence-corrected chi connectivity index (χ3v) is 3.17. The van der Waals surface area contributed by atoms with Gasteiger partial charge < -0.3 is 10.2 Å². The summed E-state index contributed by atoms with van der Waals surface area (Å²) in [4.78, 5) is 0. The van der Waals surface area contributed by atoms with Crippen molar-refractivity contribution in [1.82, 2.24) is 0 Å². The quantitative estimate of drug-likeness (QED) is 0.897. The Morgan fingerprint density at radius 3 is 2.24 bits per heavy atom. The summed E-state index contributed by atoms with van der Waals surface area (Å²) in [5.41, 5.74) is -0.307. The molecule has 0 aliphatic rings. The molecule has 96 valence electrons. The number of rotatable bonds is 4. The van der Waals surface area contributed by atoms with Gasteiger partial charge >= 0.3 is 6.18 Å². The standard InChI is InChI=1S/C11H12BrF3O2/c12-10-2-1-9(11(13,14)15)4-8(10)3-7(5-16)6-17/h1-2,4,7,16-17H,3,5-6H2. The van der Waals surface area contributed by atoms with Crippen molar-refractivity contribution in [3.05, 3.63) is 33.8 Å². The Morgan fingerprint density at radius 1 is 1.18 bits per heavy atom. The minimum atomic E-state index is -4.39. The smallest absolute Gasteiger partial charge is 0.396 e. The summed E-state index contributed by atoms with van der Waals surface area (Å²) in [6, 6.07) is 3.34. The van der Waals surface area contributed by atoms with Crippen molar-refractivity contribution in [1.29, 1.82) is 0 Å². The van der Waals surface area contributed by atoms with Crippen molar-refractivity contribution >= 4 is 15.9 Å². The molecule has 0 radical (unpaired) electrons. The van der Waals surface area contributed by atoms with Crippen LogP contribution in [-0.2, 0) is 12.6 Å². The number of hydrogen-bond acceptors (Lipinski definition) is 2. The summed E-state index contributed by atoms with van der Waals surface area (Å²) in [7, 11) is 0. The highest BCUT2D eigenvalue weighted by Crippen LogP contribution is 2.32. The van der Waals surface area contributed by atoms with Gasteiger partial charge in [0.2, 0.25) is 0 Å². The third kappa shape index (κ3) is 3.97. The lowest BCUT2D eigenvalue weighted by Gasteiger charge is -2.14. The summed E-state index contributed by atoms with van der Waals surface area (Å²) in [5, 5.41) is 17.8. The lowest BCUT2D eigenvalue weighted by atomic mass is 9.99. The van der Waals surface area contributed by atoms with Crippen LogP contribution in [0, 0.1) is 5.92 Å². The summed E-state index contributed by atoms with van der Waals surface area (Å²) < 4.78 is 38.0. The second kappa shape index (κ2) is 5.84. The molecule has 0 aromatic heterocycles. The number of hydrogen-bond donors (Lipinski definition) is 2. The van der Waals surface area contributed by atoms with Crippen molar-refractivity contribution in [2.45, 2.75) is 12.6 Å². The number of benzene rings is 1. The van der Waals surface area contributed by atoms with Crippen LogP contribution in [0.2, 0.25) is 0 Å². The Hall–Kier alpha value is -0.590. The fourth-order valence-electron chi connectivity index (χ4n) is 1.41. The molecule has 0 unspecified atom stereocenters. The lowest BCUT2D eigenvalue weighted by Crippen LogP contribution is -2.15. The number of aliphatic hydroxyl groups excluding tert-OH is 2.